The van der Waals surface area contributed by atoms with Crippen LogP contribution >= 0.6 is 23.1 Å². The molecular formula is C27H24N6O3S3. The lowest BCUT2D eigenvalue weighted by molar-refractivity contribution is -0.113. The van der Waals surface area contributed by atoms with Crippen LogP contribution in [0.1, 0.15) is 12.8 Å². The maximum atomic E-state index is 13.2. The first-order valence-electron chi connectivity index (χ1n) is 12.4. The molecule has 1 N–H and O–H groups in total. The first-order chi connectivity index (χ1) is 19.0. The molecule has 3 aromatic carbocycles. The number of rotatable bonds is 8. The Kier molecular flexibility index (Phi) is 7.17. The number of nitrogens with one attached hydrogen (secondary N) is 1. The van der Waals surface area contributed by atoms with Gasteiger partial charge in [-0.05, 0) is 49.2 Å². The maximum absolute atomic E-state index is 13.2. The highest BCUT2D eigenvalue weighted by Gasteiger charge is 2.28. The van der Waals surface area contributed by atoms with Crippen LogP contribution in [0.25, 0.3) is 27.3 Å². The Morgan fingerprint density at radius 1 is 0.949 bits per heavy atom. The molecule has 1 aliphatic heterocycles. The average Bonchev–Trinajstić information content (AvgIpc) is 3.72. The van der Waals surface area contributed by atoms with Crippen LogP contribution in [0.5, 0.6) is 0 Å². The summed E-state index contributed by atoms with van der Waals surface area (Å²) in [5.74, 6) is 0.389. The SMILES string of the molecule is O=C(CSc1nnc(-c2cccc(S(=O)(=O)N3CCCC3)c2)n1-c1ccccc1)Nc1nc2ccccc2s1. The lowest BCUT2D eigenvalue weighted by atomic mass is 10.2. The topological polar surface area (TPSA) is 110 Å². The molecule has 0 spiro atoms. The smallest absolute Gasteiger partial charge is 0.243 e. The maximum Gasteiger partial charge on any atom is 0.243 e. The Balaban J connectivity index is 1.27. The lowest BCUT2D eigenvalue weighted by Crippen LogP contribution is -2.27. The van der Waals surface area contributed by atoms with E-state index in [1.807, 2.05) is 65.2 Å². The van der Waals surface area contributed by atoms with E-state index < -0.39 is 10.0 Å². The summed E-state index contributed by atoms with van der Waals surface area (Å²) < 4.78 is 30.8. The molecule has 0 atom stereocenters. The number of hydrogen-bond acceptors (Lipinski definition) is 8. The van der Waals surface area contributed by atoms with E-state index in [0.29, 0.717) is 34.8 Å². The number of nitrogens with zero attached hydrogens (tertiary/aromatic N) is 5. The van der Waals surface area contributed by atoms with Gasteiger partial charge >= 0.3 is 0 Å². The first kappa shape index (κ1) is 25.7. The third kappa shape index (κ3) is 5.33. The van der Waals surface area contributed by atoms with E-state index in [1.165, 1.54) is 27.4 Å². The highest BCUT2D eigenvalue weighted by Crippen LogP contribution is 2.31. The van der Waals surface area contributed by atoms with E-state index in [9.17, 15) is 13.2 Å². The number of carbonyl (C=O) groups excluding carboxylic acids is 1. The number of thioether (sulfide) groups is 1. The zero-order valence-corrected chi connectivity index (χ0v) is 23.2. The third-order valence-electron chi connectivity index (χ3n) is 6.32. The number of amides is 1. The van der Waals surface area contributed by atoms with Gasteiger partial charge in [0.2, 0.25) is 15.9 Å². The summed E-state index contributed by atoms with van der Waals surface area (Å²) in [6, 6.07) is 24.1. The first-order valence-corrected chi connectivity index (χ1v) is 15.6. The largest absolute Gasteiger partial charge is 0.301 e. The van der Waals surface area contributed by atoms with E-state index in [0.717, 1.165) is 28.7 Å². The summed E-state index contributed by atoms with van der Waals surface area (Å²) in [6.45, 7) is 1.07. The van der Waals surface area contributed by atoms with Crippen molar-refractivity contribution in [3.63, 3.8) is 0 Å². The highest BCUT2D eigenvalue weighted by molar-refractivity contribution is 7.99. The molecule has 6 rings (SSSR count). The van der Waals surface area contributed by atoms with E-state index in [2.05, 4.69) is 20.5 Å². The summed E-state index contributed by atoms with van der Waals surface area (Å²) in [7, 11) is -3.59. The number of thiazole rings is 1. The number of sulfonamides is 1. The van der Waals surface area contributed by atoms with Crippen LogP contribution in [0, 0.1) is 0 Å². The van der Waals surface area contributed by atoms with Gasteiger partial charge in [0.05, 0.1) is 20.9 Å². The molecule has 0 radical (unpaired) electrons. The predicted molar refractivity (Wildman–Crippen MR) is 154 cm³/mol. The van der Waals surface area contributed by atoms with Crippen LogP contribution in [-0.4, -0.2) is 57.2 Å². The van der Waals surface area contributed by atoms with E-state index >= 15 is 0 Å². The van der Waals surface area contributed by atoms with Gasteiger partial charge in [0.15, 0.2) is 16.1 Å². The molecule has 2 aromatic heterocycles. The van der Waals surface area contributed by atoms with Crippen LogP contribution in [-0.2, 0) is 14.8 Å². The minimum Gasteiger partial charge on any atom is -0.301 e. The van der Waals surface area contributed by atoms with Crippen molar-refractivity contribution in [1.82, 2.24) is 24.1 Å². The summed E-state index contributed by atoms with van der Waals surface area (Å²) in [4.78, 5) is 17.5. The minimum absolute atomic E-state index is 0.101. The molecule has 198 valence electrons. The van der Waals surface area contributed by atoms with E-state index in [-0.39, 0.29) is 16.6 Å². The number of aromatic nitrogens is 4. The molecule has 1 fully saturated rings. The van der Waals surface area contributed by atoms with Crippen molar-refractivity contribution in [2.45, 2.75) is 22.9 Å². The molecule has 39 heavy (non-hydrogen) atoms. The molecule has 12 heteroatoms. The number of hydrogen-bond donors (Lipinski definition) is 1. The van der Waals surface area contributed by atoms with Crippen molar-refractivity contribution in [3.05, 3.63) is 78.9 Å². The quantitative estimate of drug-likeness (QED) is 0.257. The van der Waals surface area contributed by atoms with Crippen molar-refractivity contribution in [2.24, 2.45) is 0 Å². The molecule has 0 bridgehead atoms. The standard InChI is InChI=1S/C27H24N6O3S3/c34-24(29-26-28-22-13-4-5-14-23(22)38-26)18-37-27-31-30-25(33(27)20-10-2-1-3-11-20)19-9-8-12-21(17-19)39(35,36)32-15-6-7-16-32/h1-5,8-14,17H,6-7,15-16,18H2,(H,28,29,34). The average molecular weight is 577 g/mol. The lowest BCUT2D eigenvalue weighted by Gasteiger charge is -2.16. The molecule has 3 heterocycles. The zero-order chi connectivity index (χ0) is 26.8. The third-order valence-corrected chi connectivity index (χ3v) is 10.1. The van der Waals surface area contributed by atoms with Gasteiger partial charge in [0, 0.05) is 24.3 Å². The Bertz CT molecular complexity index is 1710. The summed E-state index contributed by atoms with van der Waals surface area (Å²) in [5.41, 5.74) is 2.27. The van der Waals surface area contributed by atoms with E-state index in [1.54, 1.807) is 18.2 Å². The monoisotopic (exact) mass is 576 g/mol. The molecule has 0 unspecified atom stereocenters. The number of para-hydroxylation sites is 2. The summed E-state index contributed by atoms with van der Waals surface area (Å²) in [6.07, 6.45) is 1.74. The van der Waals surface area contributed by atoms with Crippen LogP contribution < -0.4 is 5.32 Å². The van der Waals surface area contributed by atoms with Gasteiger partial charge in [-0.1, -0.05) is 65.6 Å². The van der Waals surface area contributed by atoms with E-state index in [4.69, 9.17) is 0 Å². The molecule has 1 saturated heterocycles. The summed E-state index contributed by atoms with van der Waals surface area (Å²) >= 11 is 2.67. The van der Waals surface area contributed by atoms with Crippen LogP contribution in [0.15, 0.2) is 88.9 Å². The second kappa shape index (κ2) is 10.9. The van der Waals surface area contributed by atoms with Gasteiger partial charge in [-0.2, -0.15) is 4.31 Å². The van der Waals surface area contributed by atoms with Crippen molar-refractivity contribution in [1.29, 1.82) is 0 Å². The molecular weight excluding hydrogens is 553 g/mol. The van der Waals surface area contributed by atoms with Gasteiger partial charge in [-0.3, -0.25) is 9.36 Å². The summed E-state index contributed by atoms with van der Waals surface area (Å²) in [5, 5.41) is 12.7. The normalized spacial score (nSPS) is 14.2. The van der Waals surface area contributed by atoms with Crippen LogP contribution in [0.2, 0.25) is 0 Å². The molecule has 0 saturated carbocycles. The van der Waals surface area contributed by atoms with Crippen molar-refractivity contribution >= 4 is 54.4 Å². The van der Waals surface area contributed by atoms with Gasteiger partial charge in [-0.25, -0.2) is 13.4 Å². The molecule has 0 aliphatic carbocycles. The molecule has 1 aliphatic rings. The fourth-order valence-corrected chi connectivity index (χ4v) is 7.64. The number of fused-ring (bicyclic) bond motifs is 1. The van der Waals surface area contributed by atoms with Crippen molar-refractivity contribution < 1.29 is 13.2 Å². The second-order valence-electron chi connectivity index (χ2n) is 8.94. The highest BCUT2D eigenvalue weighted by atomic mass is 32.2. The second-order valence-corrected chi connectivity index (χ2v) is 12.9. The Hall–Kier alpha value is -3.58. The predicted octanol–water partition coefficient (Wildman–Crippen LogP) is 5.06. The van der Waals surface area contributed by atoms with Gasteiger partial charge < -0.3 is 5.32 Å². The van der Waals surface area contributed by atoms with Crippen molar-refractivity contribution in [2.75, 3.05) is 24.2 Å². The molecule has 5 aromatic rings. The Labute approximate surface area is 234 Å². The molecule has 9 nitrogen and oxygen atoms in total. The number of benzene rings is 3. The Morgan fingerprint density at radius 3 is 2.51 bits per heavy atom. The van der Waals surface area contributed by atoms with Crippen molar-refractivity contribution in [3.8, 4) is 17.1 Å². The van der Waals surface area contributed by atoms with Gasteiger partial charge in [0.1, 0.15) is 0 Å². The number of carbonyl (C=O) groups is 1. The van der Waals surface area contributed by atoms with Crippen LogP contribution in [0.4, 0.5) is 5.13 Å². The Morgan fingerprint density at radius 2 is 1.72 bits per heavy atom. The number of anilines is 1. The minimum atomic E-state index is -3.59. The van der Waals surface area contributed by atoms with Gasteiger partial charge in [-0.15, -0.1) is 10.2 Å². The fraction of sp³-hybridized carbons (Fsp3) is 0.185. The molecule has 1 amide bonds. The van der Waals surface area contributed by atoms with Crippen LogP contribution in [0.3, 0.4) is 0 Å². The zero-order valence-electron chi connectivity index (χ0n) is 20.7. The van der Waals surface area contributed by atoms with Gasteiger partial charge in [0.25, 0.3) is 0 Å². The fourth-order valence-electron chi connectivity index (χ4n) is 4.44.